The summed E-state index contributed by atoms with van der Waals surface area (Å²) < 4.78 is 2.09. The Bertz CT molecular complexity index is 2080. The number of benzene rings is 2. The van der Waals surface area contributed by atoms with Gasteiger partial charge in [0.2, 0.25) is 5.82 Å². The highest BCUT2D eigenvalue weighted by Gasteiger charge is 2.43. The zero-order chi connectivity index (χ0) is 31.1. The third-order valence-corrected chi connectivity index (χ3v) is 9.27. The van der Waals surface area contributed by atoms with Crippen molar-refractivity contribution < 1.29 is 0 Å². The Balaban J connectivity index is 1.06. The van der Waals surface area contributed by atoms with E-state index in [-0.39, 0.29) is 11.2 Å². The van der Waals surface area contributed by atoms with Crippen LogP contribution in [-0.4, -0.2) is 60.6 Å². The molecule has 6 heterocycles. The number of fused-ring (bicyclic) bond motifs is 1. The molecular weight excluding hydrogens is 572 g/mol. The van der Waals surface area contributed by atoms with E-state index >= 15 is 0 Å². The molecule has 0 aliphatic carbocycles. The van der Waals surface area contributed by atoms with Crippen LogP contribution in [0.1, 0.15) is 24.2 Å². The number of hydrogen-bond acceptors (Lipinski definition) is 9. The van der Waals surface area contributed by atoms with Gasteiger partial charge >= 0.3 is 0 Å². The molecule has 10 nitrogen and oxygen atoms in total. The SMILES string of the molecule is N#Cc1nccc(N2CCC3(CCN(Cc4ccc(-n5c(-c6cccnc6N)nc6ccc(-c7ccccc7)nc65)cc4)C3)C2)n1. The molecule has 0 radical (unpaired) electrons. The van der Waals surface area contributed by atoms with Crippen LogP contribution in [0.3, 0.4) is 0 Å². The molecule has 2 aliphatic rings. The van der Waals surface area contributed by atoms with Crippen molar-refractivity contribution >= 4 is 22.8 Å². The molecule has 0 bridgehead atoms. The minimum Gasteiger partial charge on any atom is -0.383 e. The highest BCUT2D eigenvalue weighted by Crippen LogP contribution is 2.41. The molecule has 2 aliphatic heterocycles. The molecule has 8 rings (SSSR count). The van der Waals surface area contributed by atoms with E-state index in [4.69, 9.17) is 15.7 Å². The molecule has 10 heteroatoms. The average molecular weight is 605 g/mol. The average Bonchev–Trinajstić information content (AvgIpc) is 3.82. The number of rotatable bonds is 6. The Morgan fingerprint density at radius 2 is 1.65 bits per heavy atom. The number of imidazole rings is 1. The number of pyridine rings is 2. The second-order valence-electron chi connectivity index (χ2n) is 12.3. The molecule has 226 valence electrons. The molecule has 4 aromatic heterocycles. The van der Waals surface area contributed by atoms with Crippen molar-refractivity contribution in [2.75, 3.05) is 36.8 Å². The van der Waals surface area contributed by atoms with Crippen LogP contribution < -0.4 is 10.6 Å². The van der Waals surface area contributed by atoms with Crippen molar-refractivity contribution in [3.63, 3.8) is 0 Å². The van der Waals surface area contributed by atoms with Gasteiger partial charge < -0.3 is 10.6 Å². The summed E-state index contributed by atoms with van der Waals surface area (Å²) in [5.41, 5.74) is 13.1. The van der Waals surface area contributed by atoms with Crippen LogP contribution in [0.2, 0.25) is 0 Å². The smallest absolute Gasteiger partial charge is 0.234 e. The number of aromatic nitrogens is 6. The van der Waals surface area contributed by atoms with Crippen LogP contribution in [0.25, 0.3) is 39.5 Å². The highest BCUT2D eigenvalue weighted by molar-refractivity contribution is 5.84. The fourth-order valence-electron chi connectivity index (χ4n) is 6.97. The molecule has 46 heavy (non-hydrogen) atoms. The molecule has 0 amide bonds. The first-order valence-corrected chi connectivity index (χ1v) is 15.5. The monoisotopic (exact) mass is 604 g/mol. The predicted molar refractivity (Wildman–Crippen MR) is 178 cm³/mol. The van der Waals surface area contributed by atoms with Gasteiger partial charge in [-0.3, -0.25) is 9.47 Å². The standard InChI is InChI=1S/C36H32N10/c37-21-31-39-18-14-32(43-31)45-20-16-36(24-45)15-19-44(23-36)22-25-8-10-27(11-9-25)46-34(28-7-4-17-40-33(28)38)42-30-13-12-29(41-35(30)46)26-5-2-1-3-6-26/h1-14,17-18H,15-16,19-20,22-24H2,(H2,38,40). The Labute approximate surface area is 266 Å². The van der Waals surface area contributed by atoms with E-state index in [0.717, 1.165) is 85.1 Å². The lowest BCUT2D eigenvalue weighted by atomic mass is 9.86. The van der Waals surface area contributed by atoms with Crippen LogP contribution in [0.5, 0.6) is 0 Å². The molecule has 1 spiro atoms. The predicted octanol–water partition coefficient (Wildman–Crippen LogP) is 5.50. The maximum Gasteiger partial charge on any atom is 0.234 e. The Morgan fingerprint density at radius 3 is 2.48 bits per heavy atom. The van der Waals surface area contributed by atoms with E-state index in [9.17, 15) is 5.26 Å². The maximum atomic E-state index is 9.22. The third-order valence-electron chi connectivity index (χ3n) is 9.27. The zero-order valence-electron chi connectivity index (χ0n) is 25.3. The van der Waals surface area contributed by atoms with Crippen LogP contribution >= 0.6 is 0 Å². The molecule has 2 aromatic carbocycles. The van der Waals surface area contributed by atoms with Crippen molar-refractivity contribution in [1.82, 2.24) is 34.4 Å². The molecule has 1 atom stereocenters. The van der Waals surface area contributed by atoms with E-state index in [2.05, 4.69) is 71.8 Å². The van der Waals surface area contributed by atoms with E-state index in [1.807, 2.05) is 48.5 Å². The van der Waals surface area contributed by atoms with Crippen molar-refractivity contribution in [1.29, 1.82) is 5.26 Å². The summed E-state index contributed by atoms with van der Waals surface area (Å²) in [5, 5.41) is 9.22. The summed E-state index contributed by atoms with van der Waals surface area (Å²) in [6.07, 6.45) is 5.65. The number of nitrogen functional groups attached to an aromatic ring is 1. The Morgan fingerprint density at radius 1 is 0.804 bits per heavy atom. The molecule has 2 fully saturated rings. The van der Waals surface area contributed by atoms with E-state index in [1.165, 1.54) is 5.56 Å². The van der Waals surface area contributed by atoms with Crippen LogP contribution in [0, 0.1) is 16.7 Å². The van der Waals surface area contributed by atoms with Crippen molar-refractivity contribution in [2.45, 2.75) is 19.4 Å². The molecule has 0 saturated carbocycles. The first kappa shape index (κ1) is 27.9. The van der Waals surface area contributed by atoms with Crippen molar-refractivity contribution in [3.05, 3.63) is 109 Å². The first-order chi connectivity index (χ1) is 22.6. The number of anilines is 2. The molecule has 6 aromatic rings. The summed E-state index contributed by atoms with van der Waals surface area (Å²) in [5.74, 6) is 2.21. The number of hydrogen-bond donors (Lipinski definition) is 1. The van der Waals surface area contributed by atoms with Gasteiger partial charge in [-0.05, 0) is 67.4 Å². The van der Waals surface area contributed by atoms with Gasteiger partial charge in [0.25, 0.3) is 0 Å². The summed E-state index contributed by atoms with van der Waals surface area (Å²) >= 11 is 0. The molecule has 1 unspecified atom stereocenters. The van der Waals surface area contributed by atoms with Crippen LogP contribution in [0.15, 0.2) is 97.3 Å². The quantitative estimate of drug-likeness (QED) is 0.262. The van der Waals surface area contributed by atoms with Gasteiger partial charge in [-0.1, -0.05) is 42.5 Å². The number of nitrogens with two attached hydrogens (primary N) is 1. The third kappa shape index (κ3) is 5.10. The zero-order valence-corrected chi connectivity index (χ0v) is 25.3. The molecule has 2 N–H and O–H groups in total. The van der Waals surface area contributed by atoms with Gasteiger partial charge in [-0.15, -0.1) is 0 Å². The van der Waals surface area contributed by atoms with E-state index in [1.54, 1.807) is 12.4 Å². The van der Waals surface area contributed by atoms with E-state index < -0.39 is 0 Å². The molecule has 2 saturated heterocycles. The second kappa shape index (κ2) is 11.4. The lowest BCUT2D eigenvalue weighted by Crippen LogP contribution is -2.31. The topological polar surface area (TPSA) is 126 Å². The highest BCUT2D eigenvalue weighted by atomic mass is 15.3. The Kier molecular flexibility index (Phi) is 6.88. The minimum absolute atomic E-state index is 0.224. The number of likely N-dealkylation sites (tertiary alicyclic amines) is 1. The van der Waals surface area contributed by atoms with Crippen molar-refractivity contribution in [2.24, 2.45) is 5.41 Å². The number of nitriles is 1. The van der Waals surface area contributed by atoms with Gasteiger partial charge in [0.1, 0.15) is 23.2 Å². The van der Waals surface area contributed by atoms with Crippen LogP contribution in [-0.2, 0) is 6.54 Å². The fourth-order valence-corrected chi connectivity index (χ4v) is 6.97. The van der Waals surface area contributed by atoms with Crippen LogP contribution in [0.4, 0.5) is 11.6 Å². The maximum absolute atomic E-state index is 9.22. The Hall–Kier alpha value is -5.66. The van der Waals surface area contributed by atoms with E-state index in [0.29, 0.717) is 11.6 Å². The van der Waals surface area contributed by atoms with Gasteiger partial charge in [0, 0.05) is 55.2 Å². The van der Waals surface area contributed by atoms with Gasteiger partial charge in [-0.25, -0.2) is 24.9 Å². The number of nitrogens with zero attached hydrogens (tertiary/aromatic N) is 9. The second-order valence-corrected chi connectivity index (χ2v) is 12.3. The lowest BCUT2D eigenvalue weighted by molar-refractivity contribution is 0.270. The summed E-state index contributed by atoms with van der Waals surface area (Å²) in [7, 11) is 0. The van der Waals surface area contributed by atoms with Gasteiger partial charge in [0.05, 0.1) is 11.3 Å². The summed E-state index contributed by atoms with van der Waals surface area (Å²) in [6.45, 7) is 4.90. The molecular formula is C36H32N10. The van der Waals surface area contributed by atoms with Gasteiger partial charge in [0.15, 0.2) is 11.5 Å². The first-order valence-electron chi connectivity index (χ1n) is 15.5. The van der Waals surface area contributed by atoms with Gasteiger partial charge in [-0.2, -0.15) is 5.26 Å². The normalized spacial score (nSPS) is 18.0. The minimum atomic E-state index is 0.224. The summed E-state index contributed by atoms with van der Waals surface area (Å²) in [6, 6.07) is 30.7. The van der Waals surface area contributed by atoms with Crippen molar-refractivity contribution in [3.8, 4) is 34.4 Å². The largest absolute Gasteiger partial charge is 0.383 e. The summed E-state index contributed by atoms with van der Waals surface area (Å²) in [4.78, 5) is 27.7. The fraction of sp³-hybridized carbons (Fsp3) is 0.222. The lowest BCUT2D eigenvalue weighted by Gasteiger charge is -2.25.